The van der Waals surface area contributed by atoms with E-state index in [9.17, 15) is 9.59 Å². The van der Waals surface area contributed by atoms with Crippen LogP contribution in [0, 0.1) is 5.92 Å². The molecule has 4 rings (SSSR count). The lowest BCUT2D eigenvalue weighted by Gasteiger charge is -2.22. The number of allylic oxidation sites excluding steroid dienone is 3. The van der Waals surface area contributed by atoms with Crippen LogP contribution in [0.2, 0.25) is 0 Å². The van der Waals surface area contributed by atoms with Crippen molar-refractivity contribution in [3.8, 4) is 0 Å². The number of carbonyl (C=O) groups excluding carboxylic acids is 2. The third-order valence-corrected chi connectivity index (χ3v) is 4.34. The Morgan fingerprint density at radius 1 is 1.13 bits per heavy atom. The molecule has 2 heterocycles. The first-order chi connectivity index (χ1) is 11.3. The van der Waals surface area contributed by atoms with Gasteiger partial charge in [0.25, 0.3) is 0 Å². The Bertz CT molecular complexity index is 829. The molecule has 114 valence electrons. The Hall–Kier alpha value is -2.88. The van der Waals surface area contributed by atoms with Gasteiger partial charge in [0, 0.05) is 6.20 Å². The molecule has 0 bridgehead atoms. The van der Waals surface area contributed by atoms with Gasteiger partial charge in [0.15, 0.2) is 5.78 Å². The quantitative estimate of drug-likeness (QED) is 0.819. The molecule has 0 amide bonds. The molecular weight excluding hydrogens is 290 g/mol. The molecule has 1 aliphatic carbocycles. The highest BCUT2D eigenvalue weighted by Crippen LogP contribution is 2.40. The van der Waals surface area contributed by atoms with E-state index in [0.717, 1.165) is 5.56 Å². The number of nitrogens with zero attached hydrogens (tertiary/aromatic N) is 1. The summed E-state index contributed by atoms with van der Waals surface area (Å²) in [6.07, 6.45) is 7.21. The van der Waals surface area contributed by atoms with Crippen molar-refractivity contribution in [2.75, 3.05) is 0 Å². The molecule has 1 aromatic carbocycles. The number of fused-ring (bicyclic) bond motifs is 3. The minimum Gasteiger partial charge on any atom is -0.457 e. The standard InChI is InChI=1S/C19H15NO3/c21-18-14-8-4-9-15(17(14)20-11-5-10-16(18)20)19(22)23-12-13-6-2-1-3-7-13/h1-11,14,17H,12H2. The van der Waals surface area contributed by atoms with Crippen LogP contribution < -0.4 is 0 Å². The number of ether oxygens (including phenoxy) is 1. The van der Waals surface area contributed by atoms with Crippen LogP contribution in [0.25, 0.3) is 0 Å². The average Bonchev–Trinajstić information content (AvgIpc) is 3.17. The first-order valence-electron chi connectivity index (χ1n) is 7.56. The van der Waals surface area contributed by atoms with Gasteiger partial charge < -0.3 is 9.30 Å². The summed E-state index contributed by atoms with van der Waals surface area (Å²) in [5, 5.41) is 0. The van der Waals surface area contributed by atoms with Crippen molar-refractivity contribution in [1.29, 1.82) is 0 Å². The predicted molar refractivity (Wildman–Crippen MR) is 84.8 cm³/mol. The second-order valence-corrected chi connectivity index (χ2v) is 5.70. The predicted octanol–water partition coefficient (Wildman–Crippen LogP) is 3.08. The second kappa shape index (κ2) is 5.39. The summed E-state index contributed by atoms with van der Waals surface area (Å²) < 4.78 is 7.30. The molecule has 0 N–H and O–H groups in total. The molecule has 2 aliphatic rings. The number of carbonyl (C=O) groups is 2. The average molecular weight is 305 g/mol. The van der Waals surface area contributed by atoms with Gasteiger partial charge in [0.1, 0.15) is 6.61 Å². The topological polar surface area (TPSA) is 48.3 Å². The summed E-state index contributed by atoms with van der Waals surface area (Å²) in [4.78, 5) is 24.9. The van der Waals surface area contributed by atoms with E-state index in [0.29, 0.717) is 11.3 Å². The molecule has 0 saturated heterocycles. The number of rotatable bonds is 3. The van der Waals surface area contributed by atoms with Gasteiger partial charge in [-0.15, -0.1) is 0 Å². The molecule has 1 aliphatic heterocycles. The molecular formula is C19H15NO3. The lowest BCUT2D eigenvalue weighted by Crippen LogP contribution is -2.24. The highest BCUT2D eigenvalue weighted by molar-refractivity contribution is 6.03. The van der Waals surface area contributed by atoms with Crippen LogP contribution in [0.1, 0.15) is 22.1 Å². The lowest BCUT2D eigenvalue weighted by molar-refractivity contribution is -0.140. The van der Waals surface area contributed by atoms with Crippen LogP contribution in [-0.2, 0) is 16.1 Å². The minimum atomic E-state index is -0.373. The van der Waals surface area contributed by atoms with Crippen molar-refractivity contribution in [1.82, 2.24) is 4.57 Å². The largest absolute Gasteiger partial charge is 0.457 e. The van der Waals surface area contributed by atoms with Gasteiger partial charge >= 0.3 is 5.97 Å². The first kappa shape index (κ1) is 13.8. The maximum atomic E-state index is 12.5. The first-order valence-corrected chi connectivity index (χ1v) is 7.56. The Labute approximate surface area is 133 Å². The summed E-state index contributed by atoms with van der Waals surface area (Å²) >= 11 is 0. The summed E-state index contributed by atoms with van der Waals surface area (Å²) in [5.74, 6) is -0.629. The van der Waals surface area contributed by atoms with Gasteiger partial charge in [0.2, 0.25) is 0 Å². The van der Waals surface area contributed by atoms with Crippen molar-refractivity contribution in [3.63, 3.8) is 0 Å². The third-order valence-electron chi connectivity index (χ3n) is 4.34. The van der Waals surface area contributed by atoms with Crippen LogP contribution in [0.15, 0.2) is 72.5 Å². The molecule has 0 saturated carbocycles. The molecule has 0 radical (unpaired) electrons. The number of benzene rings is 1. The smallest absolute Gasteiger partial charge is 0.336 e. The maximum Gasteiger partial charge on any atom is 0.336 e. The number of ketones is 1. The van der Waals surface area contributed by atoms with Crippen LogP contribution in [-0.4, -0.2) is 16.3 Å². The van der Waals surface area contributed by atoms with Crippen molar-refractivity contribution < 1.29 is 14.3 Å². The zero-order valence-electron chi connectivity index (χ0n) is 12.4. The molecule has 2 aromatic rings. The zero-order valence-corrected chi connectivity index (χ0v) is 12.4. The number of esters is 1. The van der Waals surface area contributed by atoms with Crippen LogP contribution in [0.3, 0.4) is 0 Å². The maximum absolute atomic E-state index is 12.5. The van der Waals surface area contributed by atoms with Crippen molar-refractivity contribution in [2.45, 2.75) is 12.6 Å². The van der Waals surface area contributed by atoms with Gasteiger partial charge in [-0.3, -0.25) is 4.79 Å². The van der Waals surface area contributed by atoms with Gasteiger partial charge in [-0.05, 0) is 23.8 Å². The molecule has 23 heavy (non-hydrogen) atoms. The molecule has 4 nitrogen and oxygen atoms in total. The number of hydrogen-bond acceptors (Lipinski definition) is 3. The van der Waals surface area contributed by atoms with E-state index in [1.54, 1.807) is 18.2 Å². The SMILES string of the molecule is O=C(OCc1ccccc1)C1=CC=CC2C(=O)c3cccn3C12. The second-order valence-electron chi connectivity index (χ2n) is 5.70. The van der Waals surface area contributed by atoms with Gasteiger partial charge in [-0.25, -0.2) is 4.79 Å². The highest BCUT2D eigenvalue weighted by Gasteiger charge is 2.43. The molecule has 1 aromatic heterocycles. The Kier molecular flexibility index (Phi) is 3.23. The fraction of sp³-hybridized carbons (Fsp3) is 0.158. The number of Topliss-reactive ketones (excluding diaryl/α,β-unsaturated/α-hetero) is 1. The van der Waals surface area contributed by atoms with E-state index in [1.807, 2.05) is 53.2 Å². The molecule has 0 fully saturated rings. The molecule has 2 unspecified atom stereocenters. The van der Waals surface area contributed by atoms with Gasteiger partial charge in [0.05, 0.1) is 23.2 Å². The van der Waals surface area contributed by atoms with E-state index in [1.165, 1.54) is 0 Å². The van der Waals surface area contributed by atoms with Crippen molar-refractivity contribution >= 4 is 11.8 Å². The Morgan fingerprint density at radius 3 is 2.78 bits per heavy atom. The fourth-order valence-corrected chi connectivity index (χ4v) is 3.24. The number of aromatic nitrogens is 1. The Balaban J connectivity index is 1.57. The normalized spacial score (nSPS) is 21.6. The zero-order chi connectivity index (χ0) is 15.8. The highest BCUT2D eigenvalue weighted by atomic mass is 16.5. The minimum absolute atomic E-state index is 0.0534. The molecule has 0 spiro atoms. The van der Waals surface area contributed by atoms with Crippen LogP contribution >= 0.6 is 0 Å². The van der Waals surface area contributed by atoms with Gasteiger partial charge in [-0.1, -0.05) is 42.5 Å². The summed E-state index contributed by atoms with van der Waals surface area (Å²) in [6, 6.07) is 12.9. The Morgan fingerprint density at radius 2 is 1.96 bits per heavy atom. The van der Waals surface area contributed by atoms with Crippen LogP contribution in [0.4, 0.5) is 0 Å². The number of hydrogen-bond donors (Lipinski definition) is 0. The summed E-state index contributed by atoms with van der Waals surface area (Å²) in [5.41, 5.74) is 2.11. The lowest BCUT2D eigenvalue weighted by atomic mass is 9.88. The van der Waals surface area contributed by atoms with E-state index < -0.39 is 0 Å². The van der Waals surface area contributed by atoms with E-state index >= 15 is 0 Å². The monoisotopic (exact) mass is 305 g/mol. The summed E-state index contributed by atoms with van der Waals surface area (Å²) in [6.45, 7) is 0.227. The summed E-state index contributed by atoms with van der Waals surface area (Å²) in [7, 11) is 0. The van der Waals surface area contributed by atoms with Gasteiger partial charge in [-0.2, -0.15) is 0 Å². The van der Waals surface area contributed by atoms with Crippen LogP contribution in [0.5, 0.6) is 0 Å². The van der Waals surface area contributed by atoms with Crippen molar-refractivity contribution in [3.05, 3.63) is 83.7 Å². The van der Waals surface area contributed by atoms with E-state index in [2.05, 4.69) is 0 Å². The molecule has 2 atom stereocenters. The van der Waals surface area contributed by atoms with Crippen molar-refractivity contribution in [2.24, 2.45) is 5.92 Å². The molecule has 4 heteroatoms. The van der Waals surface area contributed by atoms with E-state index in [4.69, 9.17) is 4.74 Å². The fourth-order valence-electron chi connectivity index (χ4n) is 3.24. The third kappa shape index (κ3) is 2.23. The van der Waals surface area contributed by atoms with E-state index in [-0.39, 0.29) is 30.3 Å².